The molecule has 0 aromatic carbocycles. The van der Waals surface area contributed by atoms with E-state index in [1.165, 1.54) is 0 Å². The Hall–Kier alpha value is -0.970. The van der Waals surface area contributed by atoms with Gasteiger partial charge in [0, 0.05) is 31.3 Å². The summed E-state index contributed by atoms with van der Waals surface area (Å²) in [5.41, 5.74) is 0. The first-order valence-corrected chi connectivity index (χ1v) is 8.34. The first-order chi connectivity index (χ1) is 8.27. The van der Waals surface area contributed by atoms with Crippen LogP contribution in [-0.2, 0) is 11.8 Å². The van der Waals surface area contributed by atoms with Crippen LogP contribution in [0.5, 0.6) is 0 Å². The van der Waals surface area contributed by atoms with E-state index in [1.807, 2.05) is 33.4 Å². The fraction of sp³-hybridized carbons (Fsp3) is 0.400. The number of rotatable bonds is 6. The summed E-state index contributed by atoms with van der Waals surface area (Å²) in [6.07, 6.45) is 9.50. The van der Waals surface area contributed by atoms with E-state index in [-0.39, 0.29) is 0 Å². The van der Waals surface area contributed by atoms with Crippen LogP contribution in [-0.4, -0.2) is 25.6 Å². The van der Waals surface area contributed by atoms with E-state index in [0.717, 1.165) is 19.4 Å². The second kappa shape index (κ2) is 5.58. The Kier molecular flexibility index (Phi) is 4.10. The van der Waals surface area contributed by atoms with Crippen LogP contribution in [0, 0.1) is 0 Å². The summed E-state index contributed by atoms with van der Waals surface area (Å²) < 4.78 is 3.62. The number of nitrogens with one attached hydrogen (secondary N) is 1. The van der Waals surface area contributed by atoms with E-state index in [2.05, 4.69) is 22.2 Å². The van der Waals surface area contributed by atoms with Crippen molar-refractivity contribution < 1.29 is 0 Å². The minimum Gasteiger partial charge on any atom is -0.254 e. The molecule has 2 rings (SSSR count). The molecule has 7 heteroatoms. The molecule has 0 amide bonds. The molecule has 5 nitrogen and oxygen atoms in total. The molecular formula is C10H16N5PS. The van der Waals surface area contributed by atoms with E-state index in [9.17, 15) is 0 Å². The van der Waals surface area contributed by atoms with Gasteiger partial charge in [-0.1, -0.05) is 13.3 Å². The molecule has 17 heavy (non-hydrogen) atoms. The lowest BCUT2D eigenvalue weighted by Crippen LogP contribution is -2.22. The van der Waals surface area contributed by atoms with Crippen molar-refractivity contribution in [1.29, 1.82) is 0 Å². The molecule has 0 saturated heterocycles. The summed E-state index contributed by atoms with van der Waals surface area (Å²) in [7, 11) is 0. The van der Waals surface area contributed by atoms with Crippen molar-refractivity contribution in [3.05, 3.63) is 36.9 Å². The second-order valence-corrected chi connectivity index (χ2v) is 7.41. The van der Waals surface area contributed by atoms with Crippen LogP contribution in [0.15, 0.2) is 36.9 Å². The molecule has 0 atom stereocenters. The van der Waals surface area contributed by atoms with E-state index >= 15 is 0 Å². The Morgan fingerprint density at radius 3 is 2.18 bits per heavy atom. The third-order valence-electron chi connectivity index (χ3n) is 2.38. The van der Waals surface area contributed by atoms with Crippen LogP contribution in [0.3, 0.4) is 0 Å². The maximum Gasteiger partial charge on any atom is 0.231 e. The molecule has 0 fully saturated rings. The van der Waals surface area contributed by atoms with Gasteiger partial charge >= 0.3 is 0 Å². The van der Waals surface area contributed by atoms with Gasteiger partial charge in [-0.25, -0.2) is 8.90 Å². The zero-order valence-electron chi connectivity index (χ0n) is 9.73. The smallest absolute Gasteiger partial charge is 0.231 e. The highest BCUT2D eigenvalue weighted by molar-refractivity contribution is 8.12. The molecule has 0 spiro atoms. The Labute approximate surface area is 106 Å². The molecule has 0 aliphatic carbocycles. The molecule has 0 bridgehead atoms. The quantitative estimate of drug-likeness (QED) is 0.644. The van der Waals surface area contributed by atoms with Crippen LogP contribution in [0.4, 0.5) is 0 Å². The molecule has 0 aliphatic heterocycles. The van der Waals surface area contributed by atoms with Crippen molar-refractivity contribution in [2.45, 2.75) is 19.8 Å². The predicted molar refractivity (Wildman–Crippen MR) is 72.4 cm³/mol. The number of hydrogen-bond donors (Lipinski definition) is 1. The SMILES string of the molecule is CCCCNP(=S)(n1cccn1)n1cccn1. The molecule has 92 valence electrons. The molecule has 2 heterocycles. The van der Waals surface area contributed by atoms with Gasteiger partial charge in [0.1, 0.15) is 0 Å². The van der Waals surface area contributed by atoms with Crippen LogP contribution in [0.1, 0.15) is 19.8 Å². The summed E-state index contributed by atoms with van der Waals surface area (Å²) in [5, 5.41) is 12.0. The van der Waals surface area contributed by atoms with E-state index < -0.39 is 6.49 Å². The first-order valence-electron chi connectivity index (χ1n) is 5.63. The number of aromatic nitrogens is 4. The molecule has 0 saturated carbocycles. The highest BCUT2D eigenvalue weighted by Gasteiger charge is 2.21. The maximum absolute atomic E-state index is 5.76. The van der Waals surface area contributed by atoms with Crippen LogP contribution >= 0.6 is 6.49 Å². The van der Waals surface area contributed by atoms with Gasteiger partial charge in [0.05, 0.1) is 0 Å². The van der Waals surface area contributed by atoms with Gasteiger partial charge in [0.2, 0.25) is 6.49 Å². The number of hydrogen-bond acceptors (Lipinski definition) is 3. The summed E-state index contributed by atoms with van der Waals surface area (Å²) >= 11 is 5.76. The molecular weight excluding hydrogens is 253 g/mol. The molecule has 0 unspecified atom stereocenters. The average Bonchev–Trinajstić information content (AvgIpc) is 3.02. The minimum atomic E-state index is -2.16. The Morgan fingerprint density at radius 2 is 1.76 bits per heavy atom. The van der Waals surface area contributed by atoms with E-state index in [0.29, 0.717) is 0 Å². The van der Waals surface area contributed by atoms with Gasteiger partial charge in [-0.3, -0.25) is 5.09 Å². The van der Waals surface area contributed by atoms with Gasteiger partial charge in [-0.2, -0.15) is 10.2 Å². The molecule has 1 N–H and O–H groups in total. The summed E-state index contributed by atoms with van der Waals surface area (Å²) in [4.78, 5) is 0. The lowest BCUT2D eigenvalue weighted by Gasteiger charge is -2.23. The van der Waals surface area contributed by atoms with Crippen molar-refractivity contribution >= 4 is 18.3 Å². The Bertz CT molecular complexity index is 441. The zero-order valence-corrected chi connectivity index (χ0v) is 11.4. The average molecular weight is 269 g/mol. The van der Waals surface area contributed by atoms with Gasteiger partial charge in [-0.05, 0) is 30.4 Å². The predicted octanol–water partition coefficient (Wildman–Crippen LogP) is 2.09. The third kappa shape index (κ3) is 2.65. The largest absolute Gasteiger partial charge is 0.254 e. The minimum absolute atomic E-state index is 0.882. The monoisotopic (exact) mass is 269 g/mol. The molecule has 2 aromatic heterocycles. The molecule has 0 aliphatic rings. The van der Waals surface area contributed by atoms with Gasteiger partial charge < -0.3 is 0 Å². The highest BCUT2D eigenvalue weighted by Crippen LogP contribution is 2.42. The second-order valence-electron chi connectivity index (χ2n) is 3.66. The number of nitrogens with zero attached hydrogens (tertiary/aromatic N) is 4. The van der Waals surface area contributed by atoms with Crippen molar-refractivity contribution in [2.75, 3.05) is 6.54 Å². The summed E-state index contributed by atoms with van der Waals surface area (Å²) in [6.45, 7) is 0.878. The van der Waals surface area contributed by atoms with Crippen molar-refractivity contribution in [2.24, 2.45) is 0 Å². The maximum atomic E-state index is 5.76. The van der Waals surface area contributed by atoms with Gasteiger partial charge in [-0.15, -0.1) is 0 Å². The lowest BCUT2D eigenvalue weighted by molar-refractivity contribution is 0.746. The Balaban J connectivity index is 2.27. The number of unbranched alkanes of at least 4 members (excludes halogenated alkanes) is 1. The van der Waals surface area contributed by atoms with Crippen LogP contribution in [0.25, 0.3) is 0 Å². The fourth-order valence-corrected chi connectivity index (χ4v) is 4.18. The summed E-state index contributed by atoms with van der Waals surface area (Å²) in [6, 6.07) is 3.76. The Morgan fingerprint density at radius 1 is 1.18 bits per heavy atom. The van der Waals surface area contributed by atoms with Crippen molar-refractivity contribution in [3.8, 4) is 0 Å². The normalized spacial score (nSPS) is 11.8. The third-order valence-corrected chi connectivity index (χ3v) is 6.00. The topological polar surface area (TPSA) is 47.7 Å². The lowest BCUT2D eigenvalue weighted by atomic mass is 10.3. The van der Waals surface area contributed by atoms with Gasteiger partial charge in [0.25, 0.3) is 0 Å². The zero-order chi connectivity index (χ0) is 12.1. The summed E-state index contributed by atoms with van der Waals surface area (Å²) in [5.74, 6) is 0. The highest BCUT2D eigenvalue weighted by atomic mass is 32.4. The standard InChI is InChI=1S/C10H16N5PS/c1-2-3-8-13-16(17,14-9-4-6-11-14)15-10-5-7-12-15/h4-7,9-10H,2-3,8H2,1H3,(H,13,17). The van der Waals surface area contributed by atoms with Crippen LogP contribution in [0.2, 0.25) is 0 Å². The van der Waals surface area contributed by atoms with Crippen LogP contribution < -0.4 is 5.09 Å². The molecule has 2 aromatic rings. The molecule has 0 radical (unpaired) electrons. The van der Waals surface area contributed by atoms with E-state index in [4.69, 9.17) is 11.8 Å². The fourth-order valence-electron chi connectivity index (χ4n) is 1.48. The first kappa shape index (κ1) is 12.5. The van der Waals surface area contributed by atoms with Crippen molar-refractivity contribution in [3.63, 3.8) is 0 Å². The van der Waals surface area contributed by atoms with Gasteiger partial charge in [0.15, 0.2) is 0 Å². The van der Waals surface area contributed by atoms with E-state index in [1.54, 1.807) is 12.4 Å². The van der Waals surface area contributed by atoms with Crippen molar-refractivity contribution in [1.82, 2.24) is 24.2 Å².